The molecular formula is C12H12N2O3. The Balaban J connectivity index is 2.85. The van der Waals surface area contributed by atoms with Crippen LogP contribution in [0.3, 0.4) is 0 Å². The number of para-hydroxylation sites is 1. The van der Waals surface area contributed by atoms with E-state index < -0.39 is 18.5 Å². The van der Waals surface area contributed by atoms with Crippen molar-refractivity contribution in [2.24, 2.45) is 0 Å². The fourth-order valence-electron chi connectivity index (χ4n) is 1.25. The van der Waals surface area contributed by atoms with Crippen LogP contribution in [0.4, 0.5) is 10.5 Å². The third-order valence-corrected chi connectivity index (χ3v) is 1.95. The van der Waals surface area contributed by atoms with E-state index in [2.05, 4.69) is 11.2 Å². The number of hydrogen-bond acceptors (Lipinski definition) is 2. The summed E-state index contributed by atoms with van der Waals surface area (Å²) in [6.45, 7) is -0.359. The van der Waals surface area contributed by atoms with E-state index in [0.29, 0.717) is 5.69 Å². The average molecular weight is 232 g/mol. The predicted molar refractivity (Wildman–Crippen MR) is 63.7 cm³/mol. The quantitative estimate of drug-likeness (QED) is 0.758. The number of anilines is 1. The molecule has 0 atom stereocenters. The third kappa shape index (κ3) is 3.87. The second-order valence-electron chi connectivity index (χ2n) is 3.18. The normalized spacial score (nSPS) is 9.12. The minimum Gasteiger partial charge on any atom is -0.480 e. The molecule has 1 aromatic rings. The zero-order valence-electron chi connectivity index (χ0n) is 9.09. The van der Waals surface area contributed by atoms with Gasteiger partial charge in [0.2, 0.25) is 0 Å². The number of carbonyl (C=O) groups is 2. The summed E-state index contributed by atoms with van der Waals surface area (Å²) in [7, 11) is 0. The van der Waals surface area contributed by atoms with Crippen LogP contribution in [0.25, 0.3) is 0 Å². The van der Waals surface area contributed by atoms with Crippen LogP contribution in [0.2, 0.25) is 0 Å². The third-order valence-electron chi connectivity index (χ3n) is 1.95. The summed E-state index contributed by atoms with van der Waals surface area (Å²) in [5.74, 6) is 1.16. The van der Waals surface area contributed by atoms with E-state index in [9.17, 15) is 9.59 Å². The summed E-state index contributed by atoms with van der Waals surface area (Å²) < 4.78 is 0. The van der Waals surface area contributed by atoms with Crippen LogP contribution in [0.5, 0.6) is 0 Å². The highest BCUT2D eigenvalue weighted by molar-refractivity contribution is 5.96. The summed E-state index contributed by atoms with van der Waals surface area (Å²) in [6, 6.07) is 7.99. The summed E-state index contributed by atoms with van der Waals surface area (Å²) >= 11 is 0. The van der Waals surface area contributed by atoms with Crippen molar-refractivity contribution in [3.63, 3.8) is 0 Å². The predicted octanol–water partition coefficient (Wildman–Crippen LogP) is 0.920. The molecular weight excluding hydrogens is 220 g/mol. The number of amides is 2. The topological polar surface area (TPSA) is 69.6 Å². The molecule has 0 aliphatic heterocycles. The molecule has 88 valence electrons. The van der Waals surface area contributed by atoms with Gasteiger partial charge in [0, 0.05) is 5.69 Å². The number of terminal acetylenes is 1. The highest BCUT2D eigenvalue weighted by Gasteiger charge is 2.17. The van der Waals surface area contributed by atoms with Gasteiger partial charge >= 0.3 is 12.0 Å². The summed E-state index contributed by atoms with van der Waals surface area (Å²) in [6.07, 6.45) is 5.02. The van der Waals surface area contributed by atoms with Gasteiger partial charge in [-0.3, -0.25) is 9.69 Å². The smallest absolute Gasteiger partial charge is 0.323 e. The highest BCUT2D eigenvalue weighted by atomic mass is 16.4. The molecule has 17 heavy (non-hydrogen) atoms. The van der Waals surface area contributed by atoms with Gasteiger partial charge in [0.25, 0.3) is 0 Å². The first-order valence-electron chi connectivity index (χ1n) is 4.91. The van der Waals surface area contributed by atoms with Crippen molar-refractivity contribution in [1.29, 1.82) is 0 Å². The van der Waals surface area contributed by atoms with Gasteiger partial charge in [-0.2, -0.15) is 0 Å². The van der Waals surface area contributed by atoms with Crippen LogP contribution in [-0.2, 0) is 4.79 Å². The largest absolute Gasteiger partial charge is 0.480 e. The standard InChI is InChI=1S/C12H12N2O3/c1-2-8-13-12(17)14(9-11(15)16)10-6-4-3-5-7-10/h1,3-7H,8-9H2,(H,13,17)(H,15,16). The van der Waals surface area contributed by atoms with Crippen molar-refractivity contribution in [2.75, 3.05) is 18.0 Å². The zero-order chi connectivity index (χ0) is 12.7. The Kier molecular flexibility index (Phi) is 4.58. The van der Waals surface area contributed by atoms with Gasteiger partial charge in [0.15, 0.2) is 0 Å². The first kappa shape index (κ1) is 12.6. The Morgan fingerprint density at radius 2 is 2.00 bits per heavy atom. The lowest BCUT2D eigenvalue weighted by molar-refractivity contribution is -0.135. The lowest BCUT2D eigenvalue weighted by Gasteiger charge is -2.20. The number of nitrogens with one attached hydrogen (secondary N) is 1. The molecule has 5 heteroatoms. The van der Waals surface area contributed by atoms with Gasteiger partial charge in [-0.15, -0.1) is 6.42 Å². The maximum absolute atomic E-state index is 11.7. The number of carboxylic acid groups (broad SMARTS) is 1. The van der Waals surface area contributed by atoms with Gasteiger partial charge in [-0.05, 0) is 12.1 Å². The number of hydrogen-bond donors (Lipinski definition) is 2. The number of rotatable bonds is 4. The summed E-state index contributed by atoms with van der Waals surface area (Å²) in [4.78, 5) is 23.5. The van der Waals surface area contributed by atoms with Crippen molar-refractivity contribution >= 4 is 17.7 Å². The van der Waals surface area contributed by atoms with Crippen LogP contribution in [0.15, 0.2) is 30.3 Å². The number of carbonyl (C=O) groups excluding carboxylic acids is 1. The molecule has 0 radical (unpaired) electrons. The Labute approximate surface area is 99.0 Å². The molecule has 0 saturated carbocycles. The van der Waals surface area contributed by atoms with Crippen molar-refractivity contribution in [3.8, 4) is 12.3 Å². The average Bonchev–Trinajstić information content (AvgIpc) is 2.34. The Morgan fingerprint density at radius 3 is 2.53 bits per heavy atom. The highest BCUT2D eigenvalue weighted by Crippen LogP contribution is 2.12. The van der Waals surface area contributed by atoms with E-state index in [4.69, 9.17) is 11.5 Å². The monoisotopic (exact) mass is 232 g/mol. The molecule has 2 amide bonds. The van der Waals surface area contributed by atoms with E-state index in [0.717, 1.165) is 4.90 Å². The van der Waals surface area contributed by atoms with Crippen LogP contribution in [0, 0.1) is 12.3 Å². The van der Waals surface area contributed by atoms with E-state index in [1.165, 1.54) is 0 Å². The summed E-state index contributed by atoms with van der Waals surface area (Å²) in [5, 5.41) is 11.2. The van der Waals surface area contributed by atoms with Crippen LogP contribution in [0.1, 0.15) is 0 Å². The maximum Gasteiger partial charge on any atom is 0.323 e. The summed E-state index contributed by atoms with van der Waals surface area (Å²) in [5.41, 5.74) is 0.504. The van der Waals surface area contributed by atoms with E-state index >= 15 is 0 Å². The Bertz CT molecular complexity index is 437. The van der Waals surface area contributed by atoms with Gasteiger partial charge in [0.05, 0.1) is 6.54 Å². The number of benzene rings is 1. The molecule has 1 aromatic carbocycles. The number of carboxylic acids is 1. The molecule has 0 aliphatic rings. The second-order valence-corrected chi connectivity index (χ2v) is 3.18. The Hall–Kier alpha value is -2.48. The van der Waals surface area contributed by atoms with Gasteiger partial charge in [-0.25, -0.2) is 4.79 Å². The second kappa shape index (κ2) is 6.18. The van der Waals surface area contributed by atoms with E-state index in [-0.39, 0.29) is 6.54 Å². The molecule has 0 spiro atoms. The molecule has 0 bridgehead atoms. The lowest BCUT2D eigenvalue weighted by atomic mass is 10.3. The lowest BCUT2D eigenvalue weighted by Crippen LogP contribution is -2.43. The molecule has 1 rings (SSSR count). The fraction of sp³-hybridized carbons (Fsp3) is 0.167. The van der Waals surface area contributed by atoms with E-state index in [1.54, 1.807) is 30.3 Å². The zero-order valence-corrected chi connectivity index (χ0v) is 9.09. The molecule has 0 unspecified atom stereocenters. The van der Waals surface area contributed by atoms with Crippen molar-refractivity contribution < 1.29 is 14.7 Å². The number of nitrogens with zero attached hydrogens (tertiary/aromatic N) is 1. The van der Waals surface area contributed by atoms with Crippen molar-refractivity contribution in [2.45, 2.75) is 0 Å². The molecule has 0 saturated heterocycles. The molecule has 0 heterocycles. The first-order valence-corrected chi connectivity index (χ1v) is 4.91. The molecule has 0 fully saturated rings. The van der Waals surface area contributed by atoms with Crippen molar-refractivity contribution in [3.05, 3.63) is 30.3 Å². The van der Waals surface area contributed by atoms with Crippen LogP contribution < -0.4 is 10.2 Å². The minimum absolute atomic E-state index is 0.0573. The molecule has 0 aromatic heterocycles. The minimum atomic E-state index is -1.09. The number of aliphatic carboxylic acids is 1. The van der Waals surface area contributed by atoms with Gasteiger partial charge in [0.1, 0.15) is 6.54 Å². The maximum atomic E-state index is 11.7. The molecule has 2 N–H and O–H groups in total. The molecule has 5 nitrogen and oxygen atoms in total. The van der Waals surface area contributed by atoms with Gasteiger partial charge in [-0.1, -0.05) is 24.1 Å². The van der Waals surface area contributed by atoms with Crippen LogP contribution in [-0.4, -0.2) is 30.2 Å². The molecule has 0 aliphatic carbocycles. The van der Waals surface area contributed by atoms with E-state index in [1.807, 2.05) is 0 Å². The number of urea groups is 1. The first-order chi connectivity index (χ1) is 8.15. The van der Waals surface area contributed by atoms with Crippen LogP contribution >= 0.6 is 0 Å². The fourth-order valence-corrected chi connectivity index (χ4v) is 1.25. The van der Waals surface area contributed by atoms with Gasteiger partial charge < -0.3 is 10.4 Å². The SMILES string of the molecule is C#CCNC(=O)N(CC(=O)O)c1ccccc1. The van der Waals surface area contributed by atoms with Crippen molar-refractivity contribution in [1.82, 2.24) is 5.32 Å². The Morgan fingerprint density at radius 1 is 1.35 bits per heavy atom.